The van der Waals surface area contributed by atoms with Crippen molar-refractivity contribution in [2.75, 3.05) is 6.54 Å². The van der Waals surface area contributed by atoms with E-state index >= 15 is 0 Å². The van der Waals surface area contributed by atoms with Gasteiger partial charge in [-0.05, 0) is 37.6 Å². The number of ether oxygens (including phenoxy) is 1. The van der Waals surface area contributed by atoms with Crippen LogP contribution in [0.3, 0.4) is 0 Å². The molecule has 24 heavy (non-hydrogen) atoms. The lowest BCUT2D eigenvalue weighted by molar-refractivity contribution is -0.123. The molecule has 0 radical (unpaired) electrons. The average Bonchev–Trinajstić information content (AvgIpc) is 2.62. The van der Waals surface area contributed by atoms with Crippen molar-refractivity contribution < 1.29 is 9.53 Å². The fourth-order valence-electron chi connectivity index (χ4n) is 2.75. The van der Waals surface area contributed by atoms with E-state index in [-0.39, 0.29) is 24.4 Å². The first-order valence-electron chi connectivity index (χ1n) is 8.15. The van der Waals surface area contributed by atoms with Crippen LogP contribution in [-0.4, -0.2) is 18.5 Å². The summed E-state index contributed by atoms with van der Waals surface area (Å²) in [5, 5.41) is 6.28. The predicted octanol–water partition coefficient (Wildman–Crippen LogP) is 3.66. The molecule has 1 aliphatic rings. The third-order valence-corrected chi connectivity index (χ3v) is 4.02. The number of para-hydroxylation sites is 2. The minimum Gasteiger partial charge on any atom is -0.457 e. The zero-order chi connectivity index (χ0) is 15.9. The number of benzene rings is 2. The maximum atomic E-state index is 12.2. The lowest BCUT2D eigenvalue weighted by Gasteiger charge is -2.22. The van der Waals surface area contributed by atoms with E-state index in [1.165, 1.54) is 0 Å². The molecule has 2 aromatic rings. The first kappa shape index (κ1) is 18.3. The van der Waals surface area contributed by atoms with Crippen LogP contribution < -0.4 is 15.4 Å². The molecule has 1 heterocycles. The summed E-state index contributed by atoms with van der Waals surface area (Å²) in [6.07, 6.45) is 3.17. The third kappa shape index (κ3) is 4.98. The number of hydrogen-bond acceptors (Lipinski definition) is 3. The van der Waals surface area contributed by atoms with E-state index in [2.05, 4.69) is 10.6 Å². The van der Waals surface area contributed by atoms with Gasteiger partial charge in [0.15, 0.2) is 0 Å². The molecule has 128 valence electrons. The van der Waals surface area contributed by atoms with Crippen molar-refractivity contribution in [3.05, 3.63) is 60.2 Å². The van der Waals surface area contributed by atoms with Crippen molar-refractivity contribution >= 4 is 18.3 Å². The summed E-state index contributed by atoms with van der Waals surface area (Å²) in [6, 6.07) is 17.4. The molecule has 4 nitrogen and oxygen atoms in total. The monoisotopic (exact) mass is 346 g/mol. The highest BCUT2D eigenvalue weighted by Crippen LogP contribution is 2.24. The SMILES string of the molecule is Cl.O=C(NCc1ccccc1Oc1ccccc1)C1CCCCN1. The van der Waals surface area contributed by atoms with Gasteiger partial charge in [-0.1, -0.05) is 42.8 Å². The molecule has 3 rings (SSSR count). The molecular formula is C19H23ClN2O2. The number of carbonyl (C=O) groups excluding carboxylic acids is 1. The molecule has 1 unspecified atom stereocenters. The van der Waals surface area contributed by atoms with Crippen LogP contribution in [0.1, 0.15) is 24.8 Å². The van der Waals surface area contributed by atoms with Gasteiger partial charge in [0.25, 0.3) is 0 Å². The molecule has 1 aliphatic heterocycles. The van der Waals surface area contributed by atoms with Crippen molar-refractivity contribution in [1.82, 2.24) is 10.6 Å². The number of amides is 1. The molecule has 0 saturated carbocycles. The highest BCUT2D eigenvalue weighted by molar-refractivity contribution is 5.85. The molecule has 0 bridgehead atoms. The Bertz CT molecular complexity index is 643. The summed E-state index contributed by atoms with van der Waals surface area (Å²) in [7, 11) is 0. The number of halogens is 1. The largest absolute Gasteiger partial charge is 0.457 e. The second-order valence-electron chi connectivity index (χ2n) is 5.74. The number of nitrogens with one attached hydrogen (secondary N) is 2. The van der Waals surface area contributed by atoms with Gasteiger partial charge in [-0.15, -0.1) is 12.4 Å². The Balaban J connectivity index is 0.00000208. The molecule has 1 fully saturated rings. The molecule has 1 atom stereocenters. The smallest absolute Gasteiger partial charge is 0.237 e. The van der Waals surface area contributed by atoms with Gasteiger partial charge in [0, 0.05) is 12.1 Å². The summed E-state index contributed by atoms with van der Waals surface area (Å²) < 4.78 is 5.92. The summed E-state index contributed by atoms with van der Waals surface area (Å²) in [6.45, 7) is 1.39. The van der Waals surface area contributed by atoms with Crippen LogP contribution in [0.25, 0.3) is 0 Å². The zero-order valence-electron chi connectivity index (χ0n) is 13.5. The van der Waals surface area contributed by atoms with Gasteiger partial charge in [0.05, 0.1) is 6.04 Å². The molecule has 0 aromatic heterocycles. The fourth-order valence-corrected chi connectivity index (χ4v) is 2.75. The quantitative estimate of drug-likeness (QED) is 0.868. The van der Waals surface area contributed by atoms with Crippen LogP contribution in [0.4, 0.5) is 0 Å². The summed E-state index contributed by atoms with van der Waals surface area (Å²) in [5.41, 5.74) is 0.973. The van der Waals surface area contributed by atoms with E-state index in [9.17, 15) is 4.79 Å². The minimum absolute atomic E-state index is 0. The van der Waals surface area contributed by atoms with Crippen LogP contribution in [0, 0.1) is 0 Å². The lowest BCUT2D eigenvalue weighted by atomic mass is 10.0. The van der Waals surface area contributed by atoms with E-state index in [0.29, 0.717) is 6.54 Å². The normalized spacial score (nSPS) is 16.8. The van der Waals surface area contributed by atoms with Crippen molar-refractivity contribution in [3.8, 4) is 11.5 Å². The number of rotatable bonds is 5. The molecule has 2 aromatic carbocycles. The Hall–Kier alpha value is -2.04. The van der Waals surface area contributed by atoms with Crippen LogP contribution in [-0.2, 0) is 11.3 Å². The molecule has 1 saturated heterocycles. The summed E-state index contributed by atoms with van der Waals surface area (Å²) in [5.74, 6) is 1.63. The lowest BCUT2D eigenvalue weighted by Crippen LogP contribution is -2.46. The van der Waals surface area contributed by atoms with E-state index < -0.39 is 0 Å². The highest BCUT2D eigenvalue weighted by Gasteiger charge is 2.20. The van der Waals surface area contributed by atoms with Gasteiger partial charge in [-0.3, -0.25) is 4.79 Å². The van der Waals surface area contributed by atoms with E-state index in [1.54, 1.807) is 0 Å². The van der Waals surface area contributed by atoms with Crippen molar-refractivity contribution in [1.29, 1.82) is 0 Å². The standard InChI is InChI=1S/C19H22N2O2.ClH/c22-19(17-11-6-7-13-20-17)21-14-15-8-4-5-12-18(15)23-16-9-2-1-3-10-16;/h1-5,8-10,12,17,20H,6-7,11,13-14H2,(H,21,22);1H. The molecule has 0 aliphatic carbocycles. The molecule has 2 N–H and O–H groups in total. The second kappa shape index (κ2) is 9.30. The number of hydrogen-bond donors (Lipinski definition) is 2. The maximum absolute atomic E-state index is 12.2. The summed E-state index contributed by atoms with van der Waals surface area (Å²) >= 11 is 0. The van der Waals surface area contributed by atoms with Crippen molar-refractivity contribution in [3.63, 3.8) is 0 Å². The van der Waals surface area contributed by atoms with Gasteiger partial charge in [0.2, 0.25) is 5.91 Å². The van der Waals surface area contributed by atoms with Gasteiger partial charge in [0.1, 0.15) is 11.5 Å². The Morgan fingerprint density at radius 1 is 1.08 bits per heavy atom. The van der Waals surface area contributed by atoms with Crippen LogP contribution in [0.2, 0.25) is 0 Å². The number of piperidine rings is 1. The molecule has 5 heteroatoms. The van der Waals surface area contributed by atoms with Gasteiger partial charge < -0.3 is 15.4 Å². The molecule has 1 amide bonds. The average molecular weight is 347 g/mol. The predicted molar refractivity (Wildman–Crippen MR) is 97.7 cm³/mol. The van der Waals surface area contributed by atoms with Crippen LogP contribution in [0.15, 0.2) is 54.6 Å². The van der Waals surface area contributed by atoms with Crippen molar-refractivity contribution in [2.45, 2.75) is 31.8 Å². The van der Waals surface area contributed by atoms with E-state index in [0.717, 1.165) is 42.9 Å². The Morgan fingerprint density at radius 3 is 2.58 bits per heavy atom. The Kier molecular flexibility index (Phi) is 7.09. The van der Waals surface area contributed by atoms with E-state index in [1.807, 2.05) is 54.6 Å². The summed E-state index contributed by atoms with van der Waals surface area (Å²) in [4.78, 5) is 12.2. The van der Waals surface area contributed by atoms with Gasteiger partial charge in [-0.2, -0.15) is 0 Å². The minimum atomic E-state index is -0.0639. The first-order valence-corrected chi connectivity index (χ1v) is 8.15. The Labute approximate surface area is 149 Å². The third-order valence-electron chi connectivity index (χ3n) is 4.02. The topological polar surface area (TPSA) is 50.4 Å². The van der Waals surface area contributed by atoms with E-state index in [4.69, 9.17) is 4.74 Å². The van der Waals surface area contributed by atoms with Crippen molar-refractivity contribution in [2.24, 2.45) is 0 Å². The zero-order valence-corrected chi connectivity index (χ0v) is 14.4. The molecular weight excluding hydrogens is 324 g/mol. The fraction of sp³-hybridized carbons (Fsp3) is 0.316. The first-order chi connectivity index (χ1) is 11.3. The highest BCUT2D eigenvalue weighted by atomic mass is 35.5. The molecule has 0 spiro atoms. The van der Waals surface area contributed by atoms with Crippen LogP contribution in [0.5, 0.6) is 11.5 Å². The number of carbonyl (C=O) groups is 1. The van der Waals surface area contributed by atoms with Crippen LogP contribution >= 0.6 is 12.4 Å². The Morgan fingerprint density at radius 2 is 1.83 bits per heavy atom. The van der Waals surface area contributed by atoms with Gasteiger partial charge in [-0.25, -0.2) is 0 Å². The maximum Gasteiger partial charge on any atom is 0.237 e. The van der Waals surface area contributed by atoms with Gasteiger partial charge >= 0.3 is 0 Å². The second-order valence-corrected chi connectivity index (χ2v) is 5.74.